The zero-order valence-corrected chi connectivity index (χ0v) is 12.3. The number of hydrogen-bond donors (Lipinski definition) is 0. The van der Waals surface area contributed by atoms with Crippen molar-refractivity contribution in [3.05, 3.63) is 11.6 Å². The van der Waals surface area contributed by atoms with Crippen LogP contribution in [0.3, 0.4) is 0 Å². The molecule has 106 valence electrons. The maximum Gasteiger partial charge on any atom is 0.169 e. The summed E-state index contributed by atoms with van der Waals surface area (Å²) in [6.07, 6.45) is 10.7. The normalized spacial score (nSPS) is 31.1. The van der Waals surface area contributed by atoms with Crippen molar-refractivity contribution in [2.45, 2.75) is 65.2 Å². The maximum atomic E-state index is 12.3. The van der Waals surface area contributed by atoms with Crippen LogP contribution >= 0.6 is 0 Å². The van der Waals surface area contributed by atoms with Crippen molar-refractivity contribution >= 4 is 11.6 Å². The van der Waals surface area contributed by atoms with Gasteiger partial charge >= 0.3 is 0 Å². The lowest BCUT2D eigenvalue weighted by Gasteiger charge is -2.32. The lowest BCUT2D eigenvalue weighted by Crippen LogP contribution is -2.36. The van der Waals surface area contributed by atoms with Gasteiger partial charge in [0.1, 0.15) is 5.78 Å². The molecule has 0 heterocycles. The molecule has 1 saturated carbocycles. The number of ketones is 2. The highest BCUT2D eigenvalue weighted by atomic mass is 16.2. The summed E-state index contributed by atoms with van der Waals surface area (Å²) in [5.41, 5.74) is 0.953. The van der Waals surface area contributed by atoms with Crippen LogP contribution in [0.2, 0.25) is 0 Å². The number of rotatable bonds is 5. The average molecular weight is 262 g/mol. The number of unbranched alkanes of at least 4 members (excludes halogenated alkanes) is 3. The maximum absolute atomic E-state index is 12.3. The molecule has 0 aromatic carbocycles. The SMILES string of the molecule is CCCCCCC1C=C2CCCC(=O)C(C2=O)C1C. The zero-order chi connectivity index (χ0) is 13.8. The number of hydrogen-bond acceptors (Lipinski definition) is 2. The second-order valence-corrected chi connectivity index (χ2v) is 6.23. The van der Waals surface area contributed by atoms with Crippen molar-refractivity contribution in [1.29, 1.82) is 0 Å². The monoisotopic (exact) mass is 262 g/mol. The summed E-state index contributed by atoms with van der Waals surface area (Å²) in [7, 11) is 0. The van der Waals surface area contributed by atoms with E-state index < -0.39 is 0 Å². The van der Waals surface area contributed by atoms with Crippen LogP contribution in [-0.2, 0) is 9.59 Å². The van der Waals surface area contributed by atoms with Crippen LogP contribution in [0.5, 0.6) is 0 Å². The fraction of sp³-hybridized carbons (Fsp3) is 0.765. The van der Waals surface area contributed by atoms with Crippen molar-refractivity contribution in [3.63, 3.8) is 0 Å². The Bertz CT molecular complexity index is 381. The van der Waals surface area contributed by atoms with Gasteiger partial charge in [0.15, 0.2) is 5.78 Å². The predicted octanol–water partition coefficient (Wildman–Crippen LogP) is 4.09. The van der Waals surface area contributed by atoms with Gasteiger partial charge in [0.05, 0.1) is 5.92 Å². The van der Waals surface area contributed by atoms with Crippen LogP contribution in [0.1, 0.15) is 65.2 Å². The first-order valence-electron chi connectivity index (χ1n) is 7.92. The summed E-state index contributed by atoms with van der Waals surface area (Å²) >= 11 is 0. The van der Waals surface area contributed by atoms with Crippen molar-refractivity contribution in [3.8, 4) is 0 Å². The summed E-state index contributed by atoms with van der Waals surface area (Å²) in [4.78, 5) is 24.4. The van der Waals surface area contributed by atoms with Crippen molar-refractivity contribution in [2.75, 3.05) is 0 Å². The third kappa shape index (κ3) is 3.16. The molecule has 3 unspecified atom stereocenters. The molecule has 2 rings (SSSR count). The van der Waals surface area contributed by atoms with Gasteiger partial charge in [-0.3, -0.25) is 9.59 Å². The van der Waals surface area contributed by atoms with Gasteiger partial charge in [-0.05, 0) is 36.7 Å². The van der Waals surface area contributed by atoms with Gasteiger partial charge < -0.3 is 0 Å². The Hall–Kier alpha value is -0.920. The van der Waals surface area contributed by atoms with E-state index in [4.69, 9.17) is 0 Å². The summed E-state index contributed by atoms with van der Waals surface area (Å²) in [5.74, 6) is 0.665. The molecule has 0 aliphatic heterocycles. The Kier molecular flexibility index (Phi) is 4.95. The lowest BCUT2D eigenvalue weighted by atomic mass is 9.70. The van der Waals surface area contributed by atoms with E-state index in [1.165, 1.54) is 25.7 Å². The number of Topliss-reactive ketones (excluding diaryl/α,β-unsaturated/α-hetero) is 2. The summed E-state index contributed by atoms with van der Waals surface area (Å²) in [6, 6.07) is 0. The molecule has 2 nitrogen and oxygen atoms in total. The van der Waals surface area contributed by atoms with E-state index in [1.807, 2.05) is 0 Å². The van der Waals surface area contributed by atoms with Crippen LogP contribution in [0.15, 0.2) is 11.6 Å². The molecular weight excluding hydrogens is 236 g/mol. The van der Waals surface area contributed by atoms with Crippen LogP contribution in [0.4, 0.5) is 0 Å². The van der Waals surface area contributed by atoms with Gasteiger partial charge in [0.2, 0.25) is 0 Å². The molecule has 3 atom stereocenters. The van der Waals surface area contributed by atoms with Crippen molar-refractivity contribution < 1.29 is 9.59 Å². The van der Waals surface area contributed by atoms with E-state index >= 15 is 0 Å². The Morgan fingerprint density at radius 3 is 2.68 bits per heavy atom. The largest absolute Gasteiger partial charge is 0.299 e. The average Bonchev–Trinajstić information content (AvgIpc) is 2.47. The van der Waals surface area contributed by atoms with Crippen molar-refractivity contribution in [1.82, 2.24) is 0 Å². The predicted molar refractivity (Wildman–Crippen MR) is 76.9 cm³/mol. The number of carbonyl (C=O) groups is 2. The zero-order valence-electron chi connectivity index (χ0n) is 12.3. The van der Waals surface area contributed by atoms with E-state index in [1.54, 1.807) is 0 Å². The van der Waals surface area contributed by atoms with E-state index in [-0.39, 0.29) is 23.4 Å². The highest BCUT2D eigenvalue weighted by molar-refractivity contribution is 6.12. The Morgan fingerprint density at radius 2 is 1.95 bits per heavy atom. The highest BCUT2D eigenvalue weighted by Gasteiger charge is 2.41. The van der Waals surface area contributed by atoms with E-state index in [0.717, 1.165) is 24.8 Å². The minimum atomic E-state index is -0.321. The molecular formula is C17H26O2. The standard InChI is InChI=1S/C17H26O2/c1-3-4-5-6-8-13-11-14-9-7-10-15(18)16(12(13)2)17(14)19/h11-13,16H,3-10H2,1-2H3. The topological polar surface area (TPSA) is 34.1 Å². The molecule has 0 aromatic heterocycles. The lowest BCUT2D eigenvalue weighted by molar-refractivity contribution is -0.133. The second kappa shape index (κ2) is 6.49. The fourth-order valence-corrected chi connectivity index (χ4v) is 3.59. The van der Waals surface area contributed by atoms with E-state index in [2.05, 4.69) is 19.9 Å². The summed E-state index contributed by atoms with van der Waals surface area (Å²) in [6.45, 7) is 4.32. The van der Waals surface area contributed by atoms with Gasteiger partial charge in [-0.15, -0.1) is 0 Å². The minimum absolute atomic E-state index is 0.139. The Morgan fingerprint density at radius 1 is 1.16 bits per heavy atom. The second-order valence-electron chi connectivity index (χ2n) is 6.23. The first kappa shape index (κ1) is 14.5. The number of carbonyl (C=O) groups excluding carboxylic acids is 2. The van der Waals surface area contributed by atoms with Crippen molar-refractivity contribution in [2.24, 2.45) is 17.8 Å². The van der Waals surface area contributed by atoms with Crippen LogP contribution in [-0.4, -0.2) is 11.6 Å². The molecule has 0 saturated heterocycles. The molecule has 0 spiro atoms. The fourth-order valence-electron chi connectivity index (χ4n) is 3.59. The molecule has 0 N–H and O–H groups in total. The van der Waals surface area contributed by atoms with Gasteiger partial charge in [-0.25, -0.2) is 0 Å². The minimum Gasteiger partial charge on any atom is -0.299 e. The summed E-state index contributed by atoms with van der Waals surface area (Å²) in [5, 5.41) is 0. The first-order valence-corrected chi connectivity index (χ1v) is 7.92. The molecule has 19 heavy (non-hydrogen) atoms. The molecule has 2 heteroatoms. The van der Waals surface area contributed by atoms with Gasteiger partial charge in [0.25, 0.3) is 0 Å². The van der Waals surface area contributed by atoms with Crippen LogP contribution in [0, 0.1) is 17.8 Å². The van der Waals surface area contributed by atoms with E-state index in [0.29, 0.717) is 12.3 Å². The molecule has 2 aliphatic rings. The quantitative estimate of drug-likeness (QED) is 0.552. The van der Waals surface area contributed by atoms with Gasteiger partial charge in [-0.2, -0.15) is 0 Å². The Balaban J connectivity index is 2.07. The molecule has 0 aromatic rings. The van der Waals surface area contributed by atoms with Gasteiger partial charge in [-0.1, -0.05) is 45.6 Å². The highest BCUT2D eigenvalue weighted by Crippen LogP contribution is 2.39. The van der Waals surface area contributed by atoms with Crippen LogP contribution in [0.25, 0.3) is 0 Å². The number of allylic oxidation sites excluding steroid dienone is 2. The molecule has 0 amide bonds. The van der Waals surface area contributed by atoms with E-state index in [9.17, 15) is 9.59 Å². The molecule has 2 aliphatic carbocycles. The summed E-state index contributed by atoms with van der Waals surface area (Å²) < 4.78 is 0. The third-order valence-electron chi connectivity index (χ3n) is 4.82. The van der Waals surface area contributed by atoms with Crippen LogP contribution < -0.4 is 0 Å². The smallest absolute Gasteiger partial charge is 0.169 e. The molecule has 2 bridgehead atoms. The molecule has 0 radical (unpaired) electrons. The number of fused-ring (bicyclic) bond motifs is 2. The first-order chi connectivity index (χ1) is 9.15. The molecule has 1 fully saturated rings. The van der Waals surface area contributed by atoms with Gasteiger partial charge in [0, 0.05) is 6.42 Å². The Labute approximate surface area is 116 Å². The third-order valence-corrected chi connectivity index (χ3v) is 4.82.